The summed E-state index contributed by atoms with van der Waals surface area (Å²) in [5.74, 6) is 1.52. The van der Waals surface area contributed by atoms with Crippen LogP contribution in [-0.2, 0) is 12.8 Å². The Morgan fingerprint density at radius 1 is 0.606 bits per heavy atom. The molecule has 3 heteroatoms. The zero-order valence-electron chi connectivity index (χ0n) is 20.3. The molecule has 0 atom stereocenters. The first-order valence-electron chi connectivity index (χ1n) is 12.9. The van der Waals surface area contributed by atoms with Gasteiger partial charge < -0.3 is 4.74 Å². The maximum absolute atomic E-state index is 5.82. The lowest BCUT2D eigenvalue weighted by Gasteiger charge is -2.07. The van der Waals surface area contributed by atoms with Gasteiger partial charge in [-0.3, -0.25) is 0 Å². The molecule has 3 rings (SSSR count). The summed E-state index contributed by atoms with van der Waals surface area (Å²) >= 11 is 0. The lowest BCUT2D eigenvalue weighted by Crippen LogP contribution is -1.99. The molecule has 0 saturated heterocycles. The van der Waals surface area contributed by atoms with Crippen LogP contribution < -0.4 is 4.74 Å². The number of ether oxygens (including phenoxy) is 1. The van der Waals surface area contributed by atoms with E-state index in [-0.39, 0.29) is 0 Å². The first-order chi connectivity index (χ1) is 16.3. The van der Waals surface area contributed by atoms with Crippen LogP contribution in [-0.4, -0.2) is 16.6 Å². The molecule has 33 heavy (non-hydrogen) atoms. The van der Waals surface area contributed by atoms with E-state index in [1.165, 1.54) is 68.9 Å². The van der Waals surface area contributed by atoms with Crippen molar-refractivity contribution in [2.45, 2.75) is 84.0 Å². The van der Waals surface area contributed by atoms with E-state index in [0.29, 0.717) is 0 Å². The standard InChI is InChI=1S/C30H40N2O/c1-2-3-4-5-6-7-8-14-23-33-29-24-31-30(32-25-29)28-21-19-27(20-22-28)18-13-12-17-26-15-10-9-11-16-26/h9-11,15-16,19-22,24-25H,2-8,12-14,17-18,23H2,1H3. The molecule has 0 N–H and O–H groups in total. The average molecular weight is 445 g/mol. The fourth-order valence-corrected chi connectivity index (χ4v) is 4.09. The third-order valence-corrected chi connectivity index (χ3v) is 6.13. The smallest absolute Gasteiger partial charge is 0.159 e. The third-order valence-electron chi connectivity index (χ3n) is 6.13. The number of aromatic nitrogens is 2. The van der Waals surface area contributed by atoms with Gasteiger partial charge in [-0.05, 0) is 43.2 Å². The van der Waals surface area contributed by atoms with Crippen molar-refractivity contribution in [1.29, 1.82) is 0 Å². The Labute approximate surface area is 200 Å². The molecule has 3 aromatic rings. The van der Waals surface area contributed by atoms with Crippen molar-refractivity contribution in [1.82, 2.24) is 9.97 Å². The van der Waals surface area contributed by atoms with E-state index in [4.69, 9.17) is 4.74 Å². The van der Waals surface area contributed by atoms with E-state index in [1.54, 1.807) is 12.4 Å². The normalized spacial score (nSPS) is 10.9. The Morgan fingerprint density at radius 3 is 1.82 bits per heavy atom. The van der Waals surface area contributed by atoms with Gasteiger partial charge in [0.2, 0.25) is 0 Å². The summed E-state index contributed by atoms with van der Waals surface area (Å²) < 4.78 is 5.82. The van der Waals surface area contributed by atoms with Crippen molar-refractivity contribution in [3.05, 3.63) is 78.1 Å². The van der Waals surface area contributed by atoms with Gasteiger partial charge in [-0.2, -0.15) is 0 Å². The summed E-state index contributed by atoms with van der Waals surface area (Å²) in [6.07, 6.45) is 18.7. The minimum absolute atomic E-state index is 0.747. The van der Waals surface area contributed by atoms with E-state index in [1.807, 2.05) is 0 Å². The zero-order valence-corrected chi connectivity index (χ0v) is 20.3. The minimum Gasteiger partial charge on any atom is -0.490 e. The molecule has 0 radical (unpaired) electrons. The summed E-state index contributed by atoms with van der Waals surface area (Å²) in [4.78, 5) is 9.02. The van der Waals surface area contributed by atoms with Crippen molar-refractivity contribution < 1.29 is 4.74 Å². The number of unbranched alkanes of at least 4 members (excludes halogenated alkanes) is 8. The third kappa shape index (κ3) is 9.77. The van der Waals surface area contributed by atoms with Gasteiger partial charge in [0.1, 0.15) is 0 Å². The highest BCUT2D eigenvalue weighted by atomic mass is 16.5. The number of rotatable bonds is 16. The number of hydrogen-bond donors (Lipinski definition) is 0. The SMILES string of the molecule is CCCCCCCCCCOc1cnc(-c2ccc(CCCCc3ccccc3)cc2)nc1. The second-order valence-electron chi connectivity index (χ2n) is 8.96. The van der Waals surface area contributed by atoms with Crippen molar-refractivity contribution in [2.24, 2.45) is 0 Å². The average Bonchev–Trinajstić information content (AvgIpc) is 2.87. The van der Waals surface area contributed by atoms with Crippen molar-refractivity contribution in [3.63, 3.8) is 0 Å². The number of nitrogens with zero attached hydrogens (tertiary/aromatic N) is 2. The number of benzene rings is 2. The summed E-state index contributed by atoms with van der Waals surface area (Å²) in [6, 6.07) is 19.4. The van der Waals surface area contributed by atoms with Crippen molar-refractivity contribution >= 4 is 0 Å². The summed E-state index contributed by atoms with van der Waals surface area (Å²) in [5.41, 5.74) is 3.85. The van der Waals surface area contributed by atoms with E-state index in [2.05, 4.69) is 71.5 Å². The highest BCUT2D eigenvalue weighted by Crippen LogP contribution is 2.19. The fraction of sp³-hybridized carbons (Fsp3) is 0.467. The topological polar surface area (TPSA) is 35.0 Å². The van der Waals surface area contributed by atoms with Crippen molar-refractivity contribution in [3.8, 4) is 17.1 Å². The molecule has 1 heterocycles. The van der Waals surface area contributed by atoms with Crippen LogP contribution in [0.2, 0.25) is 0 Å². The molecule has 0 amide bonds. The molecular formula is C30H40N2O. The van der Waals surface area contributed by atoms with Gasteiger partial charge >= 0.3 is 0 Å². The molecule has 0 bridgehead atoms. The monoisotopic (exact) mass is 444 g/mol. The molecule has 3 nitrogen and oxygen atoms in total. The molecular weight excluding hydrogens is 404 g/mol. The number of hydrogen-bond acceptors (Lipinski definition) is 3. The molecule has 0 spiro atoms. The van der Waals surface area contributed by atoms with Crippen LogP contribution in [0.25, 0.3) is 11.4 Å². The van der Waals surface area contributed by atoms with Crippen LogP contribution in [0.5, 0.6) is 5.75 Å². The molecule has 0 fully saturated rings. The van der Waals surface area contributed by atoms with Crippen LogP contribution in [0, 0.1) is 0 Å². The van der Waals surface area contributed by atoms with E-state index < -0.39 is 0 Å². The van der Waals surface area contributed by atoms with Gasteiger partial charge in [0, 0.05) is 5.56 Å². The van der Waals surface area contributed by atoms with Crippen LogP contribution in [0.3, 0.4) is 0 Å². The largest absolute Gasteiger partial charge is 0.490 e. The second kappa shape index (κ2) is 15.2. The molecule has 0 aliphatic carbocycles. The lowest BCUT2D eigenvalue weighted by molar-refractivity contribution is 0.302. The second-order valence-corrected chi connectivity index (χ2v) is 8.96. The first kappa shape index (κ1) is 25.0. The van der Waals surface area contributed by atoms with Gasteiger partial charge in [-0.15, -0.1) is 0 Å². The Kier molecular flexibility index (Phi) is 11.5. The van der Waals surface area contributed by atoms with Crippen LogP contribution >= 0.6 is 0 Å². The molecule has 0 unspecified atom stereocenters. The molecule has 1 aromatic heterocycles. The quantitative estimate of drug-likeness (QED) is 0.209. The minimum atomic E-state index is 0.747. The summed E-state index contributed by atoms with van der Waals surface area (Å²) in [6.45, 7) is 3.01. The molecule has 176 valence electrons. The molecule has 0 aliphatic rings. The van der Waals surface area contributed by atoms with Crippen LogP contribution in [0.4, 0.5) is 0 Å². The zero-order chi connectivity index (χ0) is 23.0. The maximum atomic E-state index is 5.82. The van der Waals surface area contributed by atoms with Gasteiger partial charge in [-0.1, -0.05) is 106 Å². The van der Waals surface area contributed by atoms with Crippen molar-refractivity contribution in [2.75, 3.05) is 6.61 Å². The molecule has 0 aliphatic heterocycles. The predicted octanol–water partition coefficient (Wildman–Crippen LogP) is 8.23. The highest BCUT2D eigenvalue weighted by Gasteiger charge is 2.03. The van der Waals surface area contributed by atoms with E-state index in [0.717, 1.165) is 43.0 Å². The van der Waals surface area contributed by atoms with Gasteiger partial charge in [0.05, 0.1) is 19.0 Å². The van der Waals surface area contributed by atoms with Crippen LogP contribution in [0.15, 0.2) is 67.0 Å². The fourth-order valence-electron chi connectivity index (χ4n) is 4.09. The predicted molar refractivity (Wildman–Crippen MR) is 139 cm³/mol. The Hall–Kier alpha value is -2.68. The maximum Gasteiger partial charge on any atom is 0.159 e. The van der Waals surface area contributed by atoms with Gasteiger partial charge in [0.25, 0.3) is 0 Å². The molecule has 2 aromatic carbocycles. The summed E-state index contributed by atoms with van der Waals surface area (Å²) in [7, 11) is 0. The van der Waals surface area contributed by atoms with E-state index >= 15 is 0 Å². The Bertz CT molecular complexity index is 875. The Balaban J connectivity index is 1.32. The Morgan fingerprint density at radius 2 is 1.18 bits per heavy atom. The van der Waals surface area contributed by atoms with Gasteiger partial charge in [-0.25, -0.2) is 9.97 Å². The summed E-state index contributed by atoms with van der Waals surface area (Å²) in [5, 5.41) is 0. The number of aryl methyl sites for hydroxylation is 2. The lowest BCUT2D eigenvalue weighted by atomic mass is 10.0. The van der Waals surface area contributed by atoms with Crippen LogP contribution in [0.1, 0.15) is 82.3 Å². The van der Waals surface area contributed by atoms with E-state index in [9.17, 15) is 0 Å². The first-order valence-corrected chi connectivity index (χ1v) is 12.9. The highest BCUT2D eigenvalue weighted by molar-refractivity contribution is 5.55. The molecule has 0 saturated carbocycles. The van der Waals surface area contributed by atoms with Gasteiger partial charge in [0.15, 0.2) is 11.6 Å².